The lowest BCUT2D eigenvalue weighted by atomic mass is 9.43. The van der Waals surface area contributed by atoms with E-state index in [0.29, 0.717) is 37.6 Å². The van der Waals surface area contributed by atoms with Crippen LogP contribution in [0, 0.1) is 33.3 Å². The quantitative estimate of drug-likeness (QED) is 0.0460. The van der Waals surface area contributed by atoms with Crippen LogP contribution in [-0.4, -0.2) is 72.6 Å². The van der Waals surface area contributed by atoms with E-state index in [4.69, 9.17) is 15.0 Å². The number of nitrogens with two attached hydrogens (primary N) is 1. The van der Waals surface area contributed by atoms with E-state index in [1.165, 1.54) is 6.92 Å². The van der Waals surface area contributed by atoms with E-state index in [9.17, 15) is 24.5 Å². The summed E-state index contributed by atoms with van der Waals surface area (Å²) in [6, 6.07) is -0.876. The lowest BCUT2D eigenvalue weighted by Gasteiger charge is -2.64. The first-order valence-electron chi connectivity index (χ1n) is 15.0. The number of guanidine groups is 1. The molecule has 3 aliphatic carbocycles. The average molecular weight is 594 g/mol. The van der Waals surface area contributed by atoms with Gasteiger partial charge >= 0.3 is 7.12 Å². The van der Waals surface area contributed by atoms with Crippen LogP contribution in [0.3, 0.4) is 0 Å². The minimum Gasteiger partial charge on any atom is -0.404 e. The average Bonchev–Trinajstić information content (AvgIpc) is 3.24. The third-order valence-corrected chi connectivity index (χ3v) is 9.10. The molecule has 3 saturated carbocycles. The van der Waals surface area contributed by atoms with Gasteiger partial charge in [0.25, 0.3) is 5.96 Å². The number of carbonyl (C=O) groups excluding carboxylic acids is 3. The number of hydrogen-bond acceptors (Lipinski definition) is 8. The molecule has 6 N–H and O–H groups in total. The number of carbonyl (C=O) groups is 3. The van der Waals surface area contributed by atoms with Gasteiger partial charge in [0.05, 0.1) is 17.6 Å². The Balaban J connectivity index is 1.67. The number of rotatable bonds is 15. The number of hydrazine groups is 1. The van der Waals surface area contributed by atoms with Crippen molar-refractivity contribution in [2.24, 2.45) is 33.9 Å². The maximum Gasteiger partial charge on any atom is 0.481 e. The largest absolute Gasteiger partial charge is 0.481 e. The monoisotopic (exact) mass is 593 g/mol. The van der Waals surface area contributed by atoms with Gasteiger partial charge in [0.1, 0.15) is 6.04 Å². The van der Waals surface area contributed by atoms with Gasteiger partial charge in [0, 0.05) is 26.4 Å². The molecule has 14 nitrogen and oxygen atoms in total. The molecule has 0 unspecified atom stereocenters. The van der Waals surface area contributed by atoms with E-state index in [0.717, 1.165) is 12.8 Å². The highest BCUT2D eigenvalue weighted by atomic mass is 16.7. The SMILES string of the molecule is CC(=O)NCCCC(=O)N[C@@H](CCCN=C(N)N[N+](=O)[O-])C(=O)N[C@@H](CC(C)C)B1O[C@@H]2C[C@H]3C[C@H](C3(C)C)[C@]2(C)O1. The molecule has 0 aromatic carbocycles. The molecule has 3 amide bonds. The summed E-state index contributed by atoms with van der Waals surface area (Å²) in [6.07, 6.45) is 3.78. The van der Waals surface area contributed by atoms with Crippen LogP contribution in [0.1, 0.15) is 86.5 Å². The smallest absolute Gasteiger partial charge is 0.404 e. The zero-order valence-corrected chi connectivity index (χ0v) is 25.7. The molecule has 0 spiro atoms. The normalized spacial score (nSPS) is 27.4. The molecule has 4 fully saturated rings. The summed E-state index contributed by atoms with van der Waals surface area (Å²) in [5.41, 5.74) is 7.03. The topological polar surface area (TPSA) is 199 Å². The number of amides is 3. The van der Waals surface area contributed by atoms with E-state index < -0.39 is 29.7 Å². The Morgan fingerprint density at radius 1 is 1.17 bits per heavy atom. The summed E-state index contributed by atoms with van der Waals surface area (Å²) in [7, 11) is -0.604. The van der Waals surface area contributed by atoms with E-state index in [1.54, 1.807) is 5.43 Å². The van der Waals surface area contributed by atoms with Crippen LogP contribution in [0.25, 0.3) is 0 Å². The van der Waals surface area contributed by atoms with E-state index in [2.05, 4.69) is 55.6 Å². The Labute approximate surface area is 248 Å². The van der Waals surface area contributed by atoms with Crippen molar-refractivity contribution in [3.05, 3.63) is 10.1 Å². The molecule has 1 heterocycles. The number of nitrogens with zero attached hydrogens (tertiary/aromatic N) is 2. The first kappa shape index (κ1) is 33.6. The van der Waals surface area contributed by atoms with Crippen molar-refractivity contribution in [2.45, 2.75) is 110 Å². The second kappa shape index (κ2) is 14.0. The molecule has 6 atom stereocenters. The molecule has 0 aromatic rings. The first-order valence-corrected chi connectivity index (χ1v) is 15.0. The van der Waals surface area contributed by atoms with Crippen molar-refractivity contribution in [2.75, 3.05) is 13.1 Å². The second-order valence-corrected chi connectivity index (χ2v) is 13.1. The van der Waals surface area contributed by atoms with Crippen LogP contribution >= 0.6 is 0 Å². The highest BCUT2D eigenvalue weighted by Crippen LogP contribution is 2.65. The van der Waals surface area contributed by atoms with Crippen LogP contribution < -0.4 is 27.1 Å². The van der Waals surface area contributed by atoms with Crippen LogP contribution in [0.4, 0.5) is 0 Å². The Kier molecular flexibility index (Phi) is 11.2. The van der Waals surface area contributed by atoms with E-state index in [1.807, 2.05) is 0 Å². The molecule has 15 heteroatoms. The number of nitrogens with one attached hydrogen (secondary N) is 4. The van der Waals surface area contributed by atoms with Crippen molar-refractivity contribution in [1.82, 2.24) is 21.4 Å². The predicted octanol–water partition coefficient (Wildman–Crippen LogP) is 1.06. The molecule has 4 rings (SSSR count). The molecule has 236 valence electrons. The highest BCUT2D eigenvalue weighted by molar-refractivity contribution is 6.48. The summed E-state index contributed by atoms with van der Waals surface area (Å²) < 4.78 is 13.1. The van der Waals surface area contributed by atoms with Crippen LogP contribution in [0.15, 0.2) is 4.99 Å². The number of aliphatic imine (C=N–C) groups is 1. The predicted molar refractivity (Wildman–Crippen MR) is 157 cm³/mol. The second-order valence-electron chi connectivity index (χ2n) is 13.1. The summed E-state index contributed by atoms with van der Waals surface area (Å²) in [5.74, 6) is -0.401. The Morgan fingerprint density at radius 2 is 1.88 bits per heavy atom. The van der Waals surface area contributed by atoms with Gasteiger partial charge in [-0.1, -0.05) is 33.1 Å². The van der Waals surface area contributed by atoms with E-state index >= 15 is 0 Å². The third-order valence-electron chi connectivity index (χ3n) is 9.10. The molecule has 1 saturated heterocycles. The summed E-state index contributed by atoms with van der Waals surface area (Å²) in [6.45, 7) is 12.7. The van der Waals surface area contributed by atoms with Crippen molar-refractivity contribution < 1.29 is 28.7 Å². The zero-order valence-electron chi connectivity index (χ0n) is 25.7. The molecule has 2 bridgehead atoms. The van der Waals surface area contributed by atoms with Crippen LogP contribution in [0.5, 0.6) is 0 Å². The fourth-order valence-electron chi connectivity index (χ4n) is 6.77. The lowest BCUT2D eigenvalue weighted by Crippen LogP contribution is -2.65. The Bertz CT molecular complexity index is 1040. The van der Waals surface area contributed by atoms with Gasteiger partial charge in [-0.05, 0) is 68.6 Å². The molecule has 4 aliphatic rings. The minimum atomic E-state index is -0.876. The van der Waals surface area contributed by atoms with Crippen LogP contribution in [-0.2, 0) is 23.7 Å². The van der Waals surface area contributed by atoms with E-state index in [-0.39, 0.29) is 60.5 Å². The molecular formula is C27H48BN7O7. The molecule has 42 heavy (non-hydrogen) atoms. The standard InChI is InChI=1S/C27H48BN7O7/c1-16(2)13-22(28-41-21-15-18-14-20(26(18,4)5)27(21,6)42-28)33-24(38)19(9-7-12-31-25(29)34-35(39)40)32-23(37)10-8-11-30-17(3)36/h16,18-22H,7-15H2,1-6H3,(H,30,36)(H,32,37)(H,33,38)(H3,29,31,34)/t18-,19+,20-,21-,22+,27+/m1/s1. The number of hydrogen-bond donors (Lipinski definition) is 5. The van der Waals surface area contributed by atoms with Crippen molar-refractivity contribution in [3.8, 4) is 0 Å². The Hall–Kier alpha value is -2.94. The van der Waals surface area contributed by atoms with Crippen molar-refractivity contribution in [3.63, 3.8) is 0 Å². The van der Waals surface area contributed by atoms with Gasteiger partial charge in [0.15, 0.2) is 5.03 Å². The van der Waals surface area contributed by atoms with Gasteiger partial charge in [-0.2, -0.15) is 0 Å². The van der Waals surface area contributed by atoms with Gasteiger partial charge in [-0.3, -0.25) is 14.4 Å². The molecule has 0 radical (unpaired) electrons. The molecule has 1 aliphatic heterocycles. The van der Waals surface area contributed by atoms with Gasteiger partial charge in [-0.25, -0.2) is 15.1 Å². The van der Waals surface area contributed by atoms with Gasteiger partial charge in [-0.15, -0.1) is 0 Å². The van der Waals surface area contributed by atoms with Crippen LogP contribution in [0.2, 0.25) is 0 Å². The number of nitro groups is 1. The van der Waals surface area contributed by atoms with Gasteiger partial charge < -0.3 is 31.0 Å². The third kappa shape index (κ3) is 8.33. The summed E-state index contributed by atoms with van der Waals surface area (Å²) >= 11 is 0. The Morgan fingerprint density at radius 3 is 2.50 bits per heavy atom. The highest BCUT2D eigenvalue weighted by Gasteiger charge is 2.68. The first-order chi connectivity index (χ1) is 19.6. The molecular weight excluding hydrogens is 545 g/mol. The summed E-state index contributed by atoms with van der Waals surface area (Å²) in [5, 5.41) is 18.3. The summed E-state index contributed by atoms with van der Waals surface area (Å²) in [4.78, 5) is 51.9. The fourth-order valence-corrected chi connectivity index (χ4v) is 6.77. The lowest BCUT2D eigenvalue weighted by molar-refractivity contribution is -0.525. The maximum absolute atomic E-state index is 13.6. The maximum atomic E-state index is 13.6. The van der Waals surface area contributed by atoms with Gasteiger partial charge in [0.2, 0.25) is 17.7 Å². The molecule has 0 aromatic heterocycles. The zero-order chi connectivity index (χ0) is 31.2. The fraction of sp³-hybridized carbons (Fsp3) is 0.852. The van der Waals surface area contributed by atoms with Crippen molar-refractivity contribution in [1.29, 1.82) is 0 Å². The minimum absolute atomic E-state index is 0.0268. The van der Waals surface area contributed by atoms with Crippen molar-refractivity contribution >= 4 is 30.8 Å².